The van der Waals surface area contributed by atoms with Crippen molar-refractivity contribution in [1.82, 2.24) is 0 Å². The van der Waals surface area contributed by atoms with Gasteiger partial charge in [-0.15, -0.1) is 5.11 Å². The molecule has 0 bridgehead atoms. The van der Waals surface area contributed by atoms with Crippen LogP contribution in [0.2, 0.25) is 0 Å². The summed E-state index contributed by atoms with van der Waals surface area (Å²) in [5.41, 5.74) is 0.587. The zero-order valence-electron chi connectivity index (χ0n) is 13.6. The van der Waals surface area contributed by atoms with Gasteiger partial charge in [0, 0.05) is 5.39 Å². The topological polar surface area (TPSA) is 116 Å². The Morgan fingerprint density at radius 1 is 0.962 bits per heavy atom. The van der Waals surface area contributed by atoms with Crippen LogP contribution in [0, 0.1) is 6.92 Å². The molecule has 132 valence electrons. The summed E-state index contributed by atoms with van der Waals surface area (Å²) in [6, 6.07) is 14.5. The van der Waals surface area contributed by atoms with Crippen molar-refractivity contribution in [2.75, 3.05) is 0 Å². The Morgan fingerprint density at radius 3 is 2.38 bits per heavy atom. The van der Waals surface area contributed by atoms with E-state index in [0.717, 1.165) is 5.39 Å². The maximum Gasteiger partial charge on any atom is 0.337 e. The molecule has 7 nitrogen and oxygen atoms in total. The summed E-state index contributed by atoms with van der Waals surface area (Å²) in [7, 11) is -4.39. The van der Waals surface area contributed by atoms with Crippen LogP contribution in [0.25, 0.3) is 10.8 Å². The molecular weight excluding hydrogens is 356 g/mol. The molecule has 0 atom stereocenters. The Balaban J connectivity index is 2.18. The van der Waals surface area contributed by atoms with Crippen LogP contribution in [0.1, 0.15) is 15.9 Å². The Hall–Kier alpha value is -3.10. The van der Waals surface area contributed by atoms with E-state index < -0.39 is 16.1 Å². The first-order valence-corrected chi connectivity index (χ1v) is 8.97. The average Bonchev–Trinajstić information content (AvgIpc) is 2.59. The normalized spacial score (nSPS) is 11.9. The molecule has 0 aliphatic carbocycles. The lowest BCUT2D eigenvalue weighted by atomic mass is 10.0. The minimum Gasteiger partial charge on any atom is -0.478 e. The largest absolute Gasteiger partial charge is 0.478 e. The fraction of sp³-hybridized carbons (Fsp3) is 0.0556. The first kappa shape index (κ1) is 17.7. The van der Waals surface area contributed by atoms with Crippen molar-refractivity contribution >= 4 is 38.2 Å². The van der Waals surface area contributed by atoms with E-state index in [1.165, 1.54) is 31.2 Å². The van der Waals surface area contributed by atoms with Crippen molar-refractivity contribution in [2.24, 2.45) is 10.2 Å². The number of rotatable bonds is 4. The highest BCUT2D eigenvalue weighted by molar-refractivity contribution is 7.85. The fourth-order valence-electron chi connectivity index (χ4n) is 2.63. The molecule has 0 fully saturated rings. The van der Waals surface area contributed by atoms with Crippen LogP contribution in [0.4, 0.5) is 11.4 Å². The number of aromatic carboxylic acids is 1. The highest BCUT2D eigenvalue weighted by Gasteiger charge is 2.16. The molecule has 0 unspecified atom stereocenters. The van der Waals surface area contributed by atoms with E-state index in [1.54, 1.807) is 18.2 Å². The maximum absolute atomic E-state index is 11.5. The summed E-state index contributed by atoms with van der Waals surface area (Å²) < 4.78 is 32.1. The maximum atomic E-state index is 11.5. The molecular formula is C18H14N2O5S. The molecule has 0 saturated carbocycles. The van der Waals surface area contributed by atoms with E-state index >= 15 is 0 Å². The summed E-state index contributed by atoms with van der Waals surface area (Å²) in [6.45, 7) is 1.48. The quantitative estimate of drug-likeness (QED) is 0.518. The molecule has 0 amide bonds. The van der Waals surface area contributed by atoms with Crippen molar-refractivity contribution in [2.45, 2.75) is 11.8 Å². The average molecular weight is 370 g/mol. The Bertz CT molecular complexity index is 1150. The second-order valence-corrected chi connectivity index (χ2v) is 6.95. The lowest BCUT2D eigenvalue weighted by Gasteiger charge is -2.07. The summed E-state index contributed by atoms with van der Waals surface area (Å²) in [5.74, 6) is -1.15. The molecule has 0 aliphatic heterocycles. The van der Waals surface area contributed by atoms with Gasteiger partial charge in [0.1, 0.15) is 5.69 Å². The molecule has 0 radical (unpaired) electrons. The van der Waals surface area contributed by atoms with Gasteiger partial charge in [-0.1, -0.05) is 36.4 Å². The predicted molar refractivity (Wildman–Crippen MR) is 96.1 cm³/mol. The van der Waals surface area contributed by atoms with Gasteiger partial charge < -0.3 is 5.11 Å². The number of azo groups is 1. The van der Waals surface area contributed by atoms with Gasteiger partial charge in [0.25, 0.3) is 10.1 Å². The lowest BCUT2D eigenvalue weighted by Crippen LogP contribution is -2.00. The van der Waals surface area contributed by atoms with E-state index in [0.29, 0.717) is 5.39 Å². The monoisotopic (exact) mass is 370 g/mol. The Kier molecular flexibility index (Phi) is 4.54. The van der Waals surface area contributed by atoms with E-state index in [4.69, 9.17) is 0 Å². The number of carbonyl (C=O) groups is 1. The lowest BCUT2D eigenvalue weighted by molar-refractivity contribution is 0.0698. The van der Waals surface area contributed by atoms with Gasteiger partial charge in [-0.2, -0.15) is 13.5 Å². The smallest absolute Gasteiger partial charge is 0.337 e. The second-order valence-electron chi connectivity index (χ2n) is 5.56. The molecule has 0 spiro atoms. The highest BCUT2D eigenvalue weighted by atomic mass is 32.2. The van der Waals surface area contributed by atoms with Crippen LogP contribution < -0.4 is 0 Å². The SMILES string of the molecule is Cc1c(N=Nc2c(C(=O)O)ccc3ccccc23)cccc1S(=O)(=O)O. The van der Waals surface area contributed by atoms with Gasteiger partial charge in [0.15, 0.2) is 0 Å². The van der Waals surface area contributed by atoms with Crippen molar-refractivity contribution in [1.29, 1.82) is 0 Å². The standard InChI is InChI=1S/C18H14N2O5S/c1-11-15(7-4-8-16(11)26(23,24)25)19-20-17-13-6-3-2-5-12(13)9-10-14(17)18(21)22/h2-10H,1H3,(H,21,22)(H,23,24,25). The molecule has 0 aromatic heterocycles. The highest BCUT2D eigenvalue weighted by Crippen LogP contribution is 2.33. The first-order chi connectivity index (χ1) is 12.3. The van der Waals surface area contributed by atoms with Gasteiger partial charge >= 0.3 is 5.97 Å². The summed E-state index contributed by atoms with van der Waals surface area (Å²) >= 11 is 0. The summed E-state index contributed by atoms with van der Waals surface area (Å²) in [4.78, 5) is 11.2. The van der Waals surface area contributed by atoms with Crippen molar-refractivity contribution in [3.8, 4) is 0 Å². The predicted octanol–water partition coefficient (Wildman–Crippen LogP) is 4.51. The molecule has 3 aromatic rings. The fourth-order valence-corrected chi connectivity index (χ4v) is 3.37. The van der Waals surface area contributed by atoms with Gasteiger partial charge in [-0.25, -0.2) is 4.79 Å². The van der Waals surface area contributed by atoms with Crippen LogP contribution in [-0.2, 0) is 10.1 Å². The number of hydrogen-bond donors (Lipinski definition) is 2. The van der Waals surface area contributed by atoms with Crippen molar-refractivity contribution < 1.29 is 22.9 Å². The number of nitrogens with zero attached hydrogens (tertiary/aromatic N) is 2. The van der Waals surface area contributed by atoms with E-state index in [1.807, 2.05) is 12.1 Å². The third kappa shape index (κ3) is 3.32. The molecule has 0 heterocycles. The Labute approximate surface area is 149 Å². The van der Waals surface area contributed by atoms with E-state index in [9.17, 15) is 22.9 Å². The van der Waals surface area contributed by atoms with Crippen molar-refractivity contribution in [3.63, 3.8) is 0 Å². The third-order valence-corrected chi connectivity index (χ3v) is 4.92. The zero-order chi connectivity index (χ0) is 18.9. The molecule has 26 heavy (non-hydrogen) atoms. The molecule has 2 N–H and O–H groups in total. The first-order valence-electron chi connectivity index (χ1n) is 7.53. The van der Waals surface area contributed by atoms with Crippen LogP contribution in [0.15, 0.2) is 69.7 Å². The number of carboxylic acid groups (broad SMARTS) is 1. The van der Waals surface area contributed by atoms with Crippen molar-refractivity contribution in [3.05, 3.63) is 65.7 Å². The Morgan fingerprint density at radius 2 is 1.69 bits per heavy atom. The van der Waals surface area contributed by atoms with E-state index in [2.05, 4.69) is 10.2 Å². The number of hydrogen-bond acceptors (Lipinski definition) is 5. The molecule has 3 rings (SSSR count). The van der Waals surface area contributed by atoms with E-state index in [-0.39, 0.29) is 27.4 Å². The number of fused-ring (bicyclic) bond motifs is 1. The van der Waals surface area contributed by atoms with Crippen LogP contribution in [0.3, 0.4) is 0 Å². The van der Waals surface area contributed by atoms with Crippen LogP contribution in [0.5, 0.6) is 0 Å². The van der Waals surface area contributed by atoms with Crippen LogP contribution >= 0.6 is 0 Å². The number of benzene rings is 3. The number of carboxylic acids is 1. The minimum atomic E-state index is -4.39. The second kappa shape index (κ2) is 6.66. The summed E-state index contributed by atoms with van der Waals surface area (Å²) in [6.07, 6.45) is 0. The summed E-state index contributed by atoms with van der Waals surface area (Å²) in [5, 5.41) is 18.9. The zero-order valence-corrected chi connectivity index (χ0v) is 14.4. The van der Waals surface area contributed by atoms with Gasteiger partial charge in [0.2, 0.25) is 0 Å². The van der Waals surface area contributed by atoms with Gasteiger partial charge in [-0.05, 0) is 36.1 Å². The van der Waals surface area contributed by atoms with Crippen LogP contribution in [-0.4, -0.2) is 24.0 Å². The molecule has 0 aliphatic rings. The molecule has 0 saturated heterocycles. The van der Waals surface area contributed by atoms with Gasteiger partial charge in [-0.3, -0.25) is 4.55 Å². The minimum absolute atomic E-state index is 0.0176. The molecule has 8 heteroatoms. The van der Waals surface area contributed by atoms with Gasteiger partial charge in [0.05, 0.1) is 16.1 Å². The third-order valence-electron chi connectivity index (χ3n) is 3.92. The molecule has 3 aromatic carbocycles.